The van der Waals surface area contributed by atoms with E-state index in [-0.39, 0.29) is 18.3 Å². The van der Waals surface area contributed by atoms with E-state index in [1.54, 1.807) is 0 Å². The van der Waals surface area contributed by atoms with Crippen molar-refractivity contribution < 1.29 is 23.8 Å². The van der Waals surface area contributed by atoms with Crippen molar-refractivity contribution in [1.29, 1.82) is 0 Å². The van der Waals surface area contributed by atoms with Gasteiger partial charge in [0.05, 0.1) is 0 Å². The second-order valence-corrected chi connectivity index (χ2v) is 4.35. The van der Waals surface area contributed by atoms with Crippen LogP contribution in [0.2, 0.25) is 0 Å². The van der Waals surface area contributed by atoms with Crippen LogP contribution >= 0.6 is 0 Å². The molecule has 0 aromatic heterocycles. The molecule has 1 N–H and O–H groups in total. The van der Waals surface area contributed by atoms with Gasteiger partial charge >= 0.3 is 12.1 Å². The molecule has 6 heteroatoms. The largest absolute Gasteiger partial charge is 0.481 e. The molecule has 0 saturated carbocycles. The zero-order chi connectivity index (χ0) is 13.8. The number of rotatable bonds is 4. The van der Waals surface area contributed by atoms with Crippen LogP contribution in [0.15, 0.2) is 24.3 Å². The lowest BCUT2D eigenvalue weighted by Crippen LogP contribution is -2.42. The average molecular weight is 267 g/mol. The molecule has 0 aliphatic carbocycles. The summed E-state index contributed by atoms with van der Waals surface area (Å²) in [4.78, 5) is 23.7. The molecule has 1 aliphatic heterocycles. The van der Waals surface area contributed by atoms with Gasteiger partial charge in [-0.3, -0.25) is 9.69 Å². The smallest absolute Gasteiger partial charge is 0.414 e. The minimum atomic E-state index is -0.906. The van der Waals surface area contributed by atoms with Crippen molar-refractivity contribution in [3.63, 3.8) is 0 Å². The summed E-state index contributed by atoms with van der Waals surface area (Å²) in [5, 5.41) is 8.58. The lowest BCUT2D eigenvalue weighted by Gasteiger charge is -2.31. The second-order valence-electron chi connectivity index (χ2n) is 4.35. The third kappa shape index (κ3) is 3.43. The maximum Gasteiger partial charge on any atom is 0.414 e. The van der Waals surface area contributed by atoms with Gasteiger partial charge in [-0.25, -0.2) is 9.18 Å². The minimum Gasteiger partial charge on any atom is -0.481 e. The zero-order valence-electron chi connectivity index (χ0n) is 10.2. The molecular formula is C13H14FNO4. The van der Waals surface area contributed by atoms with Gasteiger partial charge in [-0.1, -0.05) is 0 Å². The van der Waals surface area contributed by atoms with Gasteiger partial charge in [0.15, 0.2) is 0 Å². The van der Waals surface area contributed by atoms with Crippen molar-refractivity contribution in [2.45, 2.75) is 25.4 Å². The van der Waals surface area contributed by atoms with Crippen LogP contribution in [-0.2, 0) is 9.53 Å². The Balaban J connectivity index is 1.95. The topological polar surface area (TPSA) is 66.8 Å². The summed E-state index contributed by atoms with van der Waals surface area (Å²) in [6, 6.07) is 5.57. The van der Waals surface area contributed by atoms with E-state index in [1.165, 1.54) is 29.2 Å². The molecule has 102 valence electrons. The summed E-state index contributed by atoms with van der Waals surface area (Å²) < 4.78 is 18.0. The Morgan fingerprint density at radius 3 is 2.68 bits per heavy atom. The van der Waals surface area contributed by atoms with E-state index in [0.29, 0.717) is 25.1 Å². The van der Waals surface area contributed by atoms with E-state index < -0.39 is 12.1 Å². The second kappa shape index (κ2) is 5.69. The first-order valence-corrected chi connectivity index (χ1v) is 6.02. The standard InChI is InChI=1S/C13H14FNO4/c14-9-1-3-10(4-2-9)15-8-7-11(19-13(15)18)5-6-12(16)17/h1-4,11H,5-8H2,(H,16,17). The molecule has 0 bridgehead atoms. The van der Waals surface area contributed by atoms with Gasteiger partial charge in [0, 0.05) is 25.1 Å². The normalized spacial score (nSPS) is 19.1. The van der Waals surface area contributed by atoms with Crippen molar-refractivity contribution in [2.75, 3.05) is 11.4 Å². The number of ether oxygens (including phenoxy) is 1. The van der Waals surface area contributed by atoms with Gasteiger partial charge in [-0.05, 0) is 30.7 Å². The monoisotopic (exact) mass is 267 g/mol. The molecule has 19 heavy (non-hydrogen) atoms. The molecular weight excluding hydrogens is 253 g/mol. The lowest BCUT2D eigenvalue weighted by molar-refractivity contribution is -0.137. The molecule has 5 nitrogen and oxygen atoms in total. The van der Waals surface area contributed by atoms with E-state index in [9.17, 15) is 14.0 Å². The lowest BCUT2D eigenvalue weighted by atomic mass is 10.1. The molecule has 0 spiro atoms. The SMILES string of the molecule is O=C(O)CCC1CCN(c2ccc(F)cc2)C(=O)O1. The number of hydrogen-bond acceptors (Lipinski definition) is 3. The molecule has 1 aromatic rings. The molecule has 1 fully saturated rings. The minimum absolute atomic E-state index is 0.0194. The highest BCUT2D eigenvalue weighted by atomic mass is 19.1. The quantitative estimate of drug-likeness (QED) is 0.909. The average Bonchev–Trinajstić information content (AvgIpc) is 2.38. The Morgan fingerprint density at radius 2 is 2.11 bits per heavy atom. The van der Waals surface area contributed by atoms with Crippen molar-refractivity contribution in [2.24, 2.45) is 0 Å². The molecule has 1 heterocycles. The van der Waals surface area contributed by atoms with Crippen LogP contribution in [0.1, 0.15) is 19.3 Å². The number of benzene rings is 1. The Labute approximate surface area is 109 Å². The van der Waals surface area contributed by atoms with Gasteiger partial charge in [0.2, 0.25) is 0 Å². The van der Waals surface area contributed by atoms with Crippen LogP contribution in [0.25, 0.3) is 0 Å². The summed E-state index contributed by atoms with van der Waals surface area (Å²) in [6.45, 7) is 0.439. The first-order chi connectivity index (χ1) is 9.06. The highest BCUT2D eigenvalue weighted by molar-refractivity contribution is 5.88. The fraction of sp³-hybridized carbons (Fsp3) is 0.385. The van der Waals surface area contributed by atoms with Gasteiger partial charge in [0.1, 0.15) is 11.9 Å². The van der Waals surface area contributed by atoms with Crippen molar-refractivity contribution in [1.82, 2.24) is 0 Å². The summed E-state index contributed by atoms with van der Waals surface area (Å²) in [5.74, 6) is -1.27. The molecule has 1 atom stereocenters. The molecule has 1 unspecified atom stereocenters. The third-order valence-electron chi connectivity index (χ3n) is 2.98. The van der Waals surface area contributed by atoms with E-state index >= 15 is 0 Å². The predicted molar refractivity (Wildman–Crippen MR) is 65.5 cm³/mol. The number of carbonyl (C=O) groups is 2. The van der Waals surface area contributed by atoms with E-state index in [2.05, 4.69) is 0 Å². The van der Waals surface area contributed by atoms with Gasteiger partial charge in [-0.15, -0.1) is 0 Å². The Bertz CT molecular complexity index is 474. The van der Waals surface area contributed by atoms with Crippen LogP contribution in [0, 0.1) is 5.82 Å². The molecule has 1 aliphatic rings. The van der Waals surface area contributed by atoms with E-state index in [1.807, 2.05) is 0 Å². The fourth-order valence-electron chi connectivity index (χ4n) is 1.97. The number of hydrogen-bond donors (Lipinski definition) is 1. The summed E-state index contributed by atoms with van der Waals surface area (Å²) in [7, 11) is 0. The Hall–Kier alpha value is -2.11. The summed E-state index contributed by atoms with van der Waals surface area (Å²) in [5.41, 5.74) is 0.572. The van der Waals surface area contributed by atoms with Crippen LogP contribution in [0.5, 0.6) is 0 Å². The number of anilines is 1. The molecule has 2 rings (SSSR count). The first-order valence-electron chi connectivity index (χ1n) is 6.02. The van der Waals surface area contributed by atoms with Crippen LogP contribution in [0.4, 0.5) is 14.9 Å². The number of carboxylic acid groups (broad SMARTS) is 1. The van der Waals surface area contributed by atoms with Crippen LogP contribution < -0.4 is 4.90 Å². The van der Waals surface area contributed by atoms with Crippen molar-refractivity contribution >= 4 is 17.7 Å². The number of aliphatic carboxylic acids is 1. The Morgan fingerprint density at radius 1 is 1.42 bits per heavy atom. The number of carboxylic acids is 1. The first kappa shape index (κ1) is 13.3. The van der Waals surface area contributed by atoms with Gasteiger partial charge < -0.3 is 9.84 Å². The molecule has 1 saturated heterocycles. The van der Waals surface area contributed by atoms with Crippen molar-refractivity contribution in [3.05, 3.63) is 30.1 Å². The third-order valence-corrected chi connectivity index (χ3v) is 2.98. The van der Waals surface area contributed by atoms with Gasteiger partial charge in [0.25, 0.3) is 0 Å². The number of nitrogens with zero attached hydrogens (tertiary/aromatic N) is 1. The summed E-state index contributed by atoms with van der Waals surface area (Å²) >= 11 is 0. The van der Waals surface area contributed by atoms with Crippen molar-refractivity contribution in [3.8, 4) is 0 Å². The maximum absolute atomic E-state index is 12.8. The van der Waals surface area contributed by atoms with E-state index in [0.717, 1.165) is 0 Å². The maximum atomic E-state index is 12.8. The van der Waals surface area contributed by atoms with E-state index in [4.69, 9.17) is 9.84 Å². The number of halogens is 1. The Kier molecular flexibility index (Phi) is 3.99. The fourth-order valence-corrected chi connectivity index (χ4v) is 1.97. The van der Waals surface area contributed by atoms with Crippen LogP contribution in [-0.4, -0.2) is 29.8 Å². The molecule has 0 radical (unpaired) electrons. The van der Waals surface area contributed by atoms with Crippen LogP contribution in [0.3, 0.4) is 0 Å². The number of cyclic esters (lactones) is 1. The molecule has 1 amide bonds. The highest BCUT2D eigenvalue weighted by Crippen LogP contribution is 2.23. The highest BCUT2D eigenvalue weighted by Gasteiger charge is 2.28. The number of amides is 1. The zero-order valence-corrected chi connectivity index (χ0v) is 10.2. The predicted octanol–water partition coefficient (Wildman–Crippen LogP) is 2.41. The number of carbonyl (C=O) groups excluding carboxylic acids is 1. The van der Waals surface area contributed by atoms with Gasteiger partial charge in [-0.2, -0.15) is 0 Å². The molecule has 1 aromatic carbocycles. The summed E-state index contributed by atoms with van der Waals surface area (Å²) in [6.07, 6.45) is -0.0167.